The molecule has 0 spiro atoms. The third-order valence-electron chi connectivity index (χ3n) is 0.821. The molecule has 2 nitrogen and oxygen atoms in total. The van der Waals surface area contributed by atoms with Crippen molar-refractivity contribution in [3.63, 3.8) is 0 Å². The molecular formula is C4H5ClN2Sn. The van der Waals surface area contributed by atoms with Gasteiger partial charge < -0.3 is 0 Å². The van der Waals surface area contributed by atoms with Crippen LogP contribution in [0.25, 0.3) is 0 Å². The summed E-state index contributed by atoms with van der Waals surface area (Å²) in [6.07, 6.45) is 3.26. The van der Waals surface area contributed by atoms with E-state index in [0.717, 1.165) is 3.71 Å². The minimum atomic E-state index is 0.387. The monoisotopic (exact) mass is 236 g/mol. The summed E-state index contributed by atoms with van der Waals surface area (Å²) in [4.78, 5) is 7.81. The minimum absolute atomic E-state index is 0.387. The van der Waals surface area contributed by atoms with E-state index >= 15 is 0 Å². The van der Waals surface area contributed by atoms with Crippen LogP contribution in [0.5, 0.6) is 0 Å². The van der Waals surface area contributed by atoms with Crippen LogP contribution >= 0.6 is 11.6 Å². The molecule has 8 heavy (non-hydrogen) atoms. The number of halogens is 1. The van der Waals surface area contributed by atoms with Gasteiger partial charge in [0.25, 0.3) is 0 Å². The van der Waals surface area contributed by atoms with Crippen molar-refractivity contribution in [1.82, 2.24) is 9.97 Å². The van der Waals surface area contributed by atoms with E-state index in [9.17, 15) is 0 Å². The molecule has 0 saturated heterocycles. The van der Waals surface area contributed by atoms with Gasteiger partial charge in [0.15, 0.2) is 0 Å². The molecule has 0 unspecified atom stereocenters. The zero-order valence-electron chi connectivity index (χ0n) is 4.43. The number of hydrogen-bond donors (Lipinski definition) is 0. The Bertz CT molecular complexity index is 170. The van der Waals surface area contributed by atoms with Gasteiger partial charge in [-0.3, -0.25) is 0 Å². The fraction of sp³-hybridized carbons (Fsp3) is 0. The average Bonchev–Trinajstić information content (AvgIpc) is 1.77. The van der Waals surface area contributed by atoms with E-state index in [2.05, 4.69) is 9.97 Å². The molecule has 1 heterocycles. The van der Waals surface area contributed by atoms with Gasteiger partial charge in [-0.25, -0.2) is 0 Å². The van der Waals surface area contributed by atoms with E-state index in [1.807, 2.05) is 0 Å². The van der Waals surface area contributed by atoms with Gasteiger partial charge in [-0.2, -0.15) is 0 Å². The molecule has 0 radical (unpaired) electrons. The first-order valence-electron chi connectivity index (χ1n) is 2.24. The van der Waals surface area contributed by atoms with E-state index in [0.29, 0.717) is 27.7 Å². The molecule has 0 N–H and O–H groups in total. The summed E-state index contributed by atoms with van der Waals surface area (Å²) in [5.74, 6) is 0. The van der Waals surface area contributed by atoms with Gasteiger partial charge in [-0.1, -0.05) is 0 Å². The van der Waals surface area contributed by atoms with Gasteiger partial charge >= 0.3 is 65.4 Å². The Hall–Kier alpha value is 0.169. The fourth-order valence-corrected chi connectivity index (χ4v) is 1.29. The first-order valence-corrected chi connectivity index (χ1v) is 5.47. The number of rotatable bonds is 0. The molecule has 42 valence electrons. The SMILES string of the molecule is Clc1nccn[c]1[SnH3]. The molecule has 0 atom stereocenters. The second kappa shape index (κ2) is 2.64. The van der Waals surface area contributed by atoms with Crippen LogP contribution in [0.4, 0.5) is 0 Å². The normalized spacial score (nSPS) is 9.62. The van der Waals surface area contributed by atoms with Crippen molar-refractivity contribution in [2.45, 2.75) is 0 Å². The molecule has 1 rings (SSSR count). The predicted octanol–water partition coefficient (Wildman–Crippen LogP) is -0.879. The molecule has 0 bridgehead atoms. The van der Waals surface area contributed by atoms with Gasteiger partial charge in [0, 0.05) is 0 Å². The van der Waals surface area contributed by atoms with Gasteiger partial charge in [0.2, 0.25) is 0 Å². The summed E-state index contributed by atoms with van der Waals surface area (Å²) in [6, 6.07) is 0. The third-order valence-corrected chi connectivity index (χ3v) is 4.19. The van der Waals surface area contributed by atoms with Crippen LogP contribution in [0.3, 0.4) is 0 Å². The maximum absolute atomic E-state index is 5.59. The molecule has 1 aromatic heterocycles. The Labute approximate surface area is 65.4 Å². The second-order valence-corrected chi connectivity index (χ2v) is 4.49. The first-order chi connectivity index (χ1) is 3.80. The summed E-state index contributed by atoms with van der Waals surface area (Å²) in [7, 11) is 0. The van der Waals surface area contributed by atoms with Gasteiger partial charge in [0.05, 0.1) is 0 Å². The summed E-state index contributed by atoms with van der Waals surface area (Å²) in [5, 5.41) is 0.573. The molecule has 0 aromatic carbocycles. The Kier molecular flexibility index (Phi) is 2.07. The van der Waals surface area contributed by atoms with Crippen molar-refractivity contribution >= 4 is 37.8 Å². The van der Waals surface area contributed by atoms with E-state index < -0.39 is 0 Å². The predicted molar refractivity (Wildman–Crippen MR) is 36.6 cm³/mol. The second-order valence-electron chi connectivity index (χ2n) is 1.43. The molecule has 0 aliphatic carbocycles. The quantitative estimate of drug-likeness (QED) is 0.546. The Morgan fingerprint density at radius 2 is 2.00 bits per heavy atom. The van der Waals surface area contributed by atoms with Crippen molar-refractivity contribution in [2.24, 2.45) is 0 Å². The molecule has 4 heteroatoms. The zero-order valence-corrected chi connectivity index (χ0v) is 10.9. The van der Waals surface area contributed by atoms with E-state index in [4.69, 9.17) is 11.6 Å². The van der Waals surface area contributed by atoms with Crippen molar-refractivity contribution in [3.05, 3.63) is 17.5 Å². The molecule has 0 fully saturated rings. The summed E-state index contributed by atoms with van der Waals surface area (Å²) in [6.45, 7) is 0. The molecular weight excluding hydrogens is 230 g/mol. The fourth-order valence-electron chi connectivity index (χ4n) is 0.391. The molecule has 0 amide bonds. The van der Waals surface area contributed by atoms with E-state index in [1.54, 1.807) is 12.4 Å². The van der Waals surface area contributed by atoms with E-state index in [1.165, 1.54) is 0 Å². The number of aromatic nitrogens is 2. The van der Waals surface area contributed by atoms with Crippen LogP contribution in [0.2, 0.25) is 5.15 Å². The Morgan fingerprint density at radius 1 is 1.38 bits per heavy atom. The molecule has 0 saturated carbocycles. The van der Waals surface area contributed by atoms with E-state index in [-0.39, 0.29) is 0 Å². The summed E-state index contributed by atoms with van der Waals surface area (Å²) >= 11 is 5.97. The molecule has 0 aliphatic heterocycles. The summed E-state index contributed by atoms with van der Waals surface area (Å²) in [5.41, 5.74) is 0. The average molecular weight is 235 g/mol. The van der Waals surface area contributed by atoms with Crippen molar-refractivity contribution < 1.29 is 0 Å². The van der Waals surface area contributed by atoms with Crippen molar-refractivity contribution in [2.75, 3.05) is 0 Å². The summed E-state index contributed by atoms with van der Waals surface area (Å²) < 4.78 is 0.982. The van der Waals surface area contributed by atoms with Gasteiger partial charge in [-0.15, -0.1) is 0 Å². The topological polar surface area (TPSA) is 25.8 Å². The van der Waals surface area contributed by atoms with Gasteiger partial charge in [0.1, 0.15) is 0 Å². The number of nitrogens with zero attached hydrogens (tertiary/aromatic N) is 2. The standard InChI is InChI=1S/C4H2ClN2.Sn.3H/c5-4-3-6-1-2-7-4;;;;/h1-2H;;;;. The third kappa shape index (κ3) is 1.32. The van der Waals surface area contributed by atoms with Crippen molar-refractivity contribution in [1.29, 1.82) is 0 Å². The van der Waals surface area contributed by atoms with Crippen LogP contribution < -0.4 is 3.71 Å². The Morgan fingerprint density at radius 3 is 2.38 bits per heavy atom. The maximum atomic E-state index is 5.59. The van der Waals surface area contributed by atoms with Crippen LogP contribution in [-0.2, 0) is 0 Å². The Balaban J connectivity index is 3.13. The van der Waals surface area contributed by atoms with Crippen LogP contribution in [0, 0.1) is 0 Å². The number of hydrogen-bond acceptors (Lipinski definition) is 2. The first kappa shape index (κ1) is 6.29. The van der Waals surface area contributed by atoms with Crippen LogP contribution in [-0.4, -0.2) is 32.5 Å². The van der Waals surface area contributed by atoms with Gasteiger partial charge in [-0.05, 0) is 0 Å². The van der Waals surface area contributed by atoms with Crippen LogP contribution in [0.1, 0.15) is 0 Å². The molecule has 1 aromatic rings. The zero-order chi connectivity index (χ0) is 5.98. The van der Waals surface area contributed by atoms with Crippen LogP contribution in [0.15, 0.2) is 12.4 Å². The molecule has 0 aliphatic rings. The van der Waals surface area contributed by atoms with Crippen molar-refractivity contribution in [3.8, 4) is 0 Å².